The summed E-state index contributed by atoms with van der Waals surface area (Å²) in [7, 11) is 0. The molecular weight excluding hydrogens is 314 g/mol. The molecule has 0 N–H and O–H groups in total. The van der Waals surface area contributed by atoms with Crippen LogP contribution >= 0.6 is 0 Å². The van der Waals surface area contributed by atoms with Crippen molar-refractivity contribution in [3.63, 3.8) is 0 Å². The van der Waals surface area contributed by atoms with Crippen molar-refractivity contribution >= 4 is 6.15 Å². The fourth-order valence-electron chi connectivity index (χ4n) is 2.47. The van der Waals surface area contributed by atoms with Crippen LogP contribution in [0.2, 0.25) is 0 Å². The van der Waals surface area contributed by atoms with Gasteiger partial charge in [-0.3, -0.25) is 4.98 Å². The van der Waals surface area contributed by atoms with E-state index >= 15 is 0 Å². The molecule has 126 valence electrons. The molecule has 0 saturated heterocycles. The summed E-state index contributed by atoms with van der Waals surface area (Å²) >= 11 is 0. The highest BCUT2D eigenvalue weighted by Crippen LogP contribution is 2.26. The van der Waals surface area contributed by atoms with Crippen LogP contribution in [-0.4, -0.2) is 11.1 Å². The zero-order valence-electron chi connectivity index (χ0n) is 14.2. The molecule has 0 radical (unpaired) electrons. The molecule has 0 spiro atoms. The molecule has 0 aliphatic carbocycles. The lowest BCUT2D eigenvalue weighted by Crippen LogP contribution is -2.00. The minimum atomic E-state index is 0.250. The Labute approximate surface area is 147 Å². The standard InChI is InChI=1S/C20H19NO.CO2/c1-15-7-3-4-11-19(15)17-9-5-10-18(13-17)22-14-20-16(2)8-6-12-21-20;2-1-3/h3-13H,14H2,1-2H3;. The molecule has 0 amide bonds. The number of rotatable bonds is 4. The maximum atomic E-state index is 8.12. The van der Waals surface area contributed by atoms with Gasteiger partial charge in [0.2, 0.25) is 0 Å². The van der Waals surface area contributed by atoms with Gasteiger partial charge in [0.05, 0.1) is 5.69 Å². The van der Waals surface area contributed by atoms with Crippen LogP contribution in [0.5, 0.6) is 5.75 Å². The van der Waals surface area contributed by atoms with Crippen molar-refractivity contribution in [3.05, 3.63) is 83.7 Å². The Morgan fingerprint density at radius 1 is 0.920 bits per heavy atom. The first-order valence-electron chi connectivity index (χ1n) is 7.84. The summed E-state index contributed by atoms with van der Waals surface area (Å²) in [5.41, 5.74) is 5.80. The Kier molecular flexibility index (Phi) is 6.64. The number of hydrogen-bond donors (Lipinski definition) is 0. The molecule has 1 heterocycles. The molecule has 0 aliphatic rings. The number of pyridine rings is 1. The van der Waals surface area contributed by atoms with Crippen LogP contribution in [0.25, 0.3) is 11.1 Å². The van der Waals surface area contributed by atoms with E-state index < -0.39 is 0 Å². The van der Waals surface area contributed by atoms with Crippen molar-refractivity contribution in [2.75, 3.05) is 0 Å². The SMILES string of the molecule is Cc1ccccc1-c1cccc(OCc2ncccc2C)c1.O=C=O. The molecule has 0 saturated carbocycles. The molecule has 4 nitrogen and oxygen atoms in total. The molecular formula is C21H19NO3. The number of aryl methyl sites for hydroxylation is 2. The summed E-state index contributed by atoms with van der Waals surface area (Å²) in [4.78, 5) is 20.6. The monoisotopic (exact) mass is 333 g/mol. The minimum Gasteiger partial charge on any atom is -0.487 e. The Morgan fingerprint density at radius 2 is 1.64 bits per heavy atom. The predicted octanol–water partition coefficient (Wildman–Crippen LogP) is 4.36. The van der Waals surface area contributed by atoms with Gasteiger partial charge in [-0.1, -0.05) is 42.5 Å². The smallest absolute Gasteiger partial charge is 0.373 e. The number of benzene rings is 2. The van der Waals surface area contributed by atoms with Gasteiger partial charge in [-0.05, 0) is 54.3 Å². The Balaban J connectivity index is 0.000000701. The average molecular weight is 333 g/mol. The van der Waals surface area contributed by atoms with E-state index in [9.17, 15) is 0 Å². The molecule has 1 aromatic heterocycles. The number of hydrogen-bond acceptors (Lipinski definition) is 4. The Hall–Kier alpha value is -3.23. The summed E-state index contributed by atoms with van der Waals surface area (Å²) in [6, 6.07) is 20.6. The highest BCUT2D eigenvalue weighted by atomic mass is 16.5. The van der Waals surface area contributed by atoms with Crippen LogP contribution < -0.4 is 4.74 Å². The lowest BCUT2D eigenvalue weighted by atomic mass is 10.0. The lowest BCUT2D eigenvalue weighted by molar-refractivity contribution is -0.191. The van der Waals surface area contributed by atoms with Gasteiger partial charge in [-0.15, -0.1) is 0 Å². The van der Waals surface area contributed by atoms with Gasteiger partial charge >= 0.3 is 6.15 Å². The number of aromatic nitrogens is 1. The van der Waals surface area contributed by atoms with Crippen LogP contribution in [0.1, 0.15) is 16.8 Å². The first kappa shape index (κ1) is 18.1. The van der Waals surface area contributed by atoms with Gasteiger partial charge < -0.3 is 4.74 Å². The normalized spacial score (nSPS) is 9.52. The maximum absolute atomic E-state index is 8.12. The van der Waals surface area contributed by atoms with Crippen LogP contribution in [0.3, 0.4) is 0 Å². The average Bonchev–Trinajstić information content (AvgIpc) is 2.62. The minimum absolute atomic E-state index is 0.250. The van der Waals surface area contributed by atoms with Crippen LogP contribution in [0, 0.1) is 13.8 Å². The lowest BCUT2D eigenvalue weighted by Gasteiger charge is -2.10. The van der Waals surface area contributed by atoms with Crippen molar-refractivity contribution in [3.8, 4) is 16.9 Å². The van der Waals surface area contributed by atoms with Crippen molar-refractivity contribution in [2.45, 2.75) is 20.5 Å². The number of ether oxygens (including phenoxy) is 1. The number of nitrogens with zero attached hydrogens (tertiary/aromatic N) is 1. The van der Waals surface area contributed by atoms with Gasteiger partial charge in [0, 0.05) is 6.20 Å². The zero-order valence-corrected chi connectivity index (χ0v) is 14.2. The van der Waals surface area contributed by atoms with E-state index in [2.05, 4.69) is 61.3 Å². The summed E-state index contributed by atoms with van der Waals surface area (Å²) in [6.45, 7) is 4.67. The van der Waals surface area contributed by atoms with Crippen molar-refractivity contribution < 1.29 is 14.3 Å². The van der Waals surface area contributed by atoms with E-state index in [1.54, 1.807) is 6.20 Å². The highest BCUT2D eigenvalue weighted by Gasteiger charge is 2.04. The van der Waals surface area contributed by atoms with Gasteiger partial charge in [0.15, 0.2) is 0 Å². The first-order chi connectivity index (χ1) is 12.2. The largest absolute Gasteiger partial charge is 0.487 e. The summed E-state index contributed by atoms with van der Waals surface area (Å²) in [5, 5.41) is 0. The molecule has 0 atom stereocenters. The van der Waals surface area contributed by atoms with E-state index in [0.29, 0.717) is 6.61 Å². The summed E-state index contributed by atoms with van der Waals surface area (Å²) in [5.74, 6) is 0.866. The van der Waals surface area contributed by atoms with Crippen LogP contribution in [-0.2, 0) is 16.2 Å². The van der Waals surface area contributed by atoms with E-state index in [-0.39, 0.29) is 6.15 Å². The number of carbonyl (C=O) groups excluding carboxylic acids is 2. The second-order valence-electron chi connectivity index (χ2n) is 5.48. The fraction of sp³-hybridized carbons (Fsp3) is 0.143. The topological polar surface area (TPSA) is 56.3 Å². The summed E-state index contributed by atoms with van der Waals surface area (Å²) < 4.78 is 5.91. The third-order valence-electron chi connectivity index (χ3n) is 3.78. The Bertz CT molecular complexity index is 868. The third-order valence-corrected chi connectivity index (χ3v) is 3.78. The third kappa shape index (κ3) is 5.13. The fourth-order valence-corrected chi connectivity index (χ4v) is 2.47. The molecule has 0 fully saturated rings. The summed E-state index contributed by atoms with van der Waals surface area (Å²) in [6.07, 6.45) is 2.05. The van der Waals surface area contributed by atoms with E-state index in [4.69, 9.17) is 14.3 Å². The van der Waals surface area contributed by atoms with E-state index in [1.807, 2.05) is 18.2 Å². The maximum Gasteiger partial charge on any atom is 0.373 e. The molecule has 0 aliphatic heterocycles. The van der Waals surface area contributed by atoms with Crippen LogP contribution in [0.15, 0.2) is 66.9 Å². The molecule has 3 rings (SSSR count). The predicted molar refractivity (Wildman–Crippen MR) is 94.9 cm³/mol. The van der Waals surface area contributed by atoms with E-state index in [1.165, 1.54) is 16.7 Å². The molecule has 3 aromatic rings. The quantitative estimate of drug-likeness (QED) is 0.712. The molecule has 2 aromatic carbocycles. The molecule has 25 heavy (non-hydrogen) atoms. The van der Waals surface area contributed by atoms with Gasteiger partial charge in [-0.2, -0.15) is 9.59 Å². The molecule has 0 unspecified atom stereocenters. The van der Waals surface area contributed by atoms with E-state index in [0.717, 1.165) is 17.0 Å². The van der Waals surface area contributed by atoms with Crippen molar-refractivity contribution in [1.29, 1.82) is 0 Å². The zero-order chi connectivity index (χ0) is 18.1. The van der Waals surface area contributed by atoms with Gasteiger partial charge in [0.1, 0.15) is 12.4 Å². The second kappa shape index (κ2) is 9.16. The van der Waals surface area contributed by atoms with Crippen molar-refractivity contribution in [2.24, 2.45) is 0 Å². The first-order valence-corrected chi connectivity index (χ1v) is 7.84. The van der Waals surface area contributed by atoms with Gasteiger partial charge in [-0.25, -0.2) is 0 Å². The second-order valence-corrected chi connectivity index (χ2v) is 5.48. The molecule has 0 bridgehead atoms. The van der Waals surface area contributed by atoms with Gasteiger partial charge in [0.25, 0.3) is 0 Å². The van der Waals surface area contributed by atoms with Crippen molar-refractivity contribution in [1.82, 2.24) is 4.98 Å². The highest BCUT2D eigenvalue weighted by molar-refractivity contribution is 5.68. The molecule has 4 heteroatoms. The Morgan fingerprint density at radius 3 is 2.36 bits per heavy atom. The van der Waals surface area contributed by atoms with Crippen LogP contribution in [0.4, 0.5) is 0 Å².